The van der Waals surface area contributed by atoms with Gasteiger partial charge in [0.25, 0.3) is 0 Å². The van der Waals surface area contributed by atoms with E-state index >= 15 is 0 Å². The summed E-state index contributed by atoms with van der Waals surface area (Å²) in [6.07, 6.45) is 8.77. The third-order valence-corrected chi connectivity index (χ3v) is 8.38. The standard InChI is InChI=1S/C25H29N7O3S.C3H4N2/c1-2-32-15-27-22-23(30-25(31-24(22)32)29-17-8-11-19(33)12-9-17)28-18-10-13-21(36(26,34)35)20(14-18)16-6-4-3-5-7-16;1-2-5-3-4(1)5/h3-7,10,13-15,17,19,33H,2,8-9,11-12H2,1H3,(H2,26,34,35)(H2,28,29,30,31);1-2H,3H2. The molecular weight excluding hydrogens is 542 g/mol. The Labute approximate surface area is 237 Å². The van der Waals surface area contributed by atoms with Crippen molar-refractivity contribution < 1.29 is 13.5 Å². The number of hydrogen-bond acceptors (Lipinski definition) is 8. The molecule has 3 aromatic heterocycles. The van der Waals surface area contributed by atoms with Crippen molar-refractivity contribution in [2.24, 2.45) is 5.14 Å². The Hall–Kier alpha value is -4.20. The molecule has 0 saturated heterocycles. The lowest BCUT2D eigenvalue weighted by Gasteiger charge is -2.26. The van der Waals surface area contributed by atoms with Crippen molar-refractivity contribution in [2.45, 2.75) is 62.9 Å². The van der Waals surface area contributed by atoms with Crippen LogP contribution in [0.2, 0.25) is 0 Å². The number of aliphatic hydroxyl groups is 1. The zero-order valence-electron chi connectivity index (χ0n) is 22.7. The molecule has 0 bridgehead atoms. The van der Waals surface area contributed by atoms with Crippen molar-refractivity contribution in [3.63, 3.8) is 0 Å². The van der Waals surface area contributed by atoms with Crippen molar-refractivity contribution >= 4 is 38.6 Å². The maximum absolute atomic E-state index is 12.3. The van der Waals surface area contributed by atoms with Gasteiger partial charge in [0.2, 0.25) is 16.0 Å². The molecular formula is C28H33N9O3S. The summed E-state index contributed by atoms with van der Waals surface area (Å²) in [6.45, 7) is 3.85. The van der Waals surface area contributed by atoms with E-state index < -0.39 is 10.0 Å². The quantitative estimate of drug-likeness (QED) is 0.224. The predicted octanol–water partition coefficient (Wildman–Crippen LogP) is 3.73. The minimum atomic E-state index is -3.93. The smallest absolute Gasteiger partial charge is 0.238 e. The molecule has 12 nitrogen and oxygen atoms in total. The molecule has 5 aromatic rings. The third-order valence-electron chi connectivity index (χ3n) is 7.41. The van der Waals surface area contributed by atoms with Gasteiger partial charge in [0, 0.05) is 36.2 Å². The number of sulfonamides is 1. The van der Waals surface area contributed by atoms with Crippen LogP contribution < -0.4 is 15.8 Å². The largest absolute Gasteiger partial charge is 0.393 e. The van der Waals surface area contributed by atoms with Gasteiger partial charge in [0.15, 0.2) is 17.0 Å². The van der Waals surface area contributed by atoms with E-state index in [4.69, 9.17) is 15.1 Å². The lowest BCUT2D eigenvalue weighted by molar-refractivity contribution is 0.126. The van der Waals surface area contributed by atoms with E-state index in [-0.39, 0.29) is 17.0 Å². The third kappa shape index (κ3) is 5.97. The summed E-state index contributed by atoms with van der Waals surface area (Å²) >= 11 is 0. The van der Waals surface area contributed by atoms with Gasteiger partial charge in [-0.25, -0.2) is 18.5 Å². The number of aryl methyl sites for hydroxylation is 1. The van der Waals surface area contributed by atoms with Crippen LogP contribution in [0.1, 0.15) is 32.6 Å². The van der Waals surface area contributed by atoms with Gasteiger partial charge >= 0.3 is 0 Å². The van der Waals surface area contributed by atoms with E-state index in [1.54, 1.807) is 18.5 Å². The maximum atomic E-state index is 12.3. The number of nitrogens with two attached hydrogens (primary N) is 1. The summed E-state index contributed by atoms with van der Waals surface area (Å²) in [5.74, 6) is 0.985. The number of anilines is 3. The van der Waals surface area contributed by atoms with Crippen molar-refractivity contribution in [3.05, 3.63) is 67.3 Å². The SMILES string of the molecule is CCn1cnc2c(Nc3ccc(S(N)(=O)=O)c(-c4ccccc4)c3)nc(NC3CCC(O)CC3)nc21.c1cn2n1C2. The molecule has 41 heavy (non-hydrogen) atoms. The molecule has 2 aliphatic rings. The van der Waals surface area contributed by atoms with E-state index in [1.165, 1.54) is 6.07 Å². The minimum Gasteiger partial charge on any atom is -0.393 e. The van der Waals surface area contributed by atoms with Crippen LogP contribution in [0, 0.1) is 0 Å². The lowest BCUT2D eigenvalue weighted by atomic mass is 9.93. The number of nitrogens with zero attached hydrogens (tertiary/aromatic N) is 6. The second-order valence-electron chi connectivity index (χ2n) is 10.3. The Morgan fingerprint density at radius 2 is 1.76 bits per heavy atom. The summed E-state index contributed by atoms with van der Waals surface area (Å²) < 4.78 is 30.7. The van der Waals surface area contributed by atoms with Crippen LogP contribution in [0.3, 0.4) is 0 Å². The van der Waals surface area contributed by atoms with Gasteiger partial charge in [-0.3, -0.25) is 9.36 Å². The van der Waals surface area contributed by atoms with Gasteiger partial charge in [-0.1, -0.05) is 30.3 Å². The molecule has 214 valence electrons. The van der Waals surface area contributed by atoms with E-state index in [0.29, 0.717) is 40.7 Å². The zero-order chi connectivity index (χ0) is 28.6. The van der Waals surface area contributed by atoms with Crippen molar-refractivity contribution in [1.29, 1.82) is 0 Å². The van der Waals surface area contributed by atoms with Gasteiger partial charge in [0.1, 0.15) is 6.67 Å². The number of fused-ring (bicyclic) bond motifs is 2. The molecule has 1 aliphatic carbocycles. The summed E-state index contributed by atoms with van der Waals surface area (Å²) in [5.41, 5.74) is 3.16. The second kappa shape index (κ2) is 11.0. The first-order chi connectivity index (χ1) is 19.8. The molecule has 0 spiro atoms. The van der Waals surface area contributed by atoms with Crippen LogP contribution in [-0.2, 0) is 23.2 Å². The Bertz CT molecular complexity index is 1750. The number of benzene rings is 2. The van der Waals surface area contributed by atoms with Crippen LogP contribution in [-0.4, -0.2) is 54.6 Å². The minimum absolute atomic E-state index is 0.0455. The highest BCUT2D eigenvalue weighted by Gasteiger charge is 2.22. The first-order valence-corrected chi connectivity index (χ1v) is 15.2. The second-order valence-corrected chi connectivity index (χ2v) is 11.8. The summed E-state index contributed by atoms with van der Waals surface area (Å²) in [4.78, 5) is 14.0. The topological polar surface area (TPSA) is 158 Å². The molecule has 0 radical (unpaired) electrons. The highest BCUT2D eigenvalue weighted by atomic mass is 32.2. The van der Waals surface area contributed by atoms with E-state index in [1.807, 2.05) is 41.8 Å². The van der Waals surface area contributed by atoms with E-state index in [2.05, 4.69) is 37.4 Å². The van der Waals surface area contributed by atoms with E-state index in [0.717, 1.165) is 37.9 Å². The molecule has 1 saturated carbocycles. The number of imidazole rings is 1. The molecule has 1 aliphatic heterocycles. The molecule has 0 atom stereocenters. The molecule has 4 heterocycles. The molecule has 0 unspecified atom stereocenters. The summed E-state index contributed by atoms with van der Waals surface area (Å²) in [6, 6.07) is 14.3. The first kappa shape index (κ1) is 27.0. The van der Waals surface area contributed by atoms with Crippen LogP contribution >= 0.6 is 0 Å². The zero-order valence-corrected chi connectivity index (χ0v) is 23.5. The Morgan fingerprint density at radius 1 is 1.02 bits per heavy atom. The van der Waals surface area contributed by atoms with E-state index in [9.17, 15) is 13.5 Å². The maximum Gasteiger partial charge on any atom is 0.238 e. The molecule has 7 rings (SSSR count). The van der Waals surface area contributed by atoms with Crippen LogP contribution in [0.15, 0.2) is 72.1 Å². The Morgan fingerprint density at radius 3 is 2.37 bits per heavy atom. The first-order valence-electron chi connectivity index (χ1n) is 13.7. The van der Waals surface area contributed by atoms with Crippen molar-refractivity contribution in [2.75, 3.05) is 10.6 Å². The molecule has 5 N–H and O–H groups in total. The predicted molar refractivity (Wildman–Crippen MR) is 157 cm³/mol. The fraction of sp³-hybridized carbons (Fsp3) is 0.321. The highest BCUT2D eigenvalue weighted by Crippen LogP contribution is 2.32. The highest BCUT2D eigenvalue weighted by molar-refractivity contribution is 7.89. The van der Waals surface area contributed by atoms with Gasteiger partial charge in [-0.05, 0) is 56.4 Å². The average molecular weight is 576 g/mol. The van der Waals surface area contributed by atoms with Crippen LogP contribution in [0.4, 0.5) is 17.5 Å². The number of hydrogen-bond donors (Lipinski definition) is 4. The van der Waals surface area contributed by atoms with Gasteiger partial charge in [-0.15, -0.1) is 0 Å². The summed E-state index contributed by atoms with van der Waals surface area (Å²) in [7, 11) is -3.93. The fourth-order valence-electron chi connectivity index (χ4n) is 5.04. The summed E-state index contributed by atoms with van der Waals surface area (Å²) in [5, 5.41) is 22.1. The molecule has 13 heteroatoms. The van der Waals surface area contributed by atoms with Gasteiger partial charge < -0.3 is 20.3 Å². The average Bonchev–Trinajstić information content (AvgIpc) is 3.34. The number of rotatable bonds is 7. The molecule has 2 aromatic carbocycles. The fourth-order valence-corrected chi connectivity index (χ4v) is 5.78. The normalized spacial score (nSPS) is 17.9. The van der Waals surface area contributed by atoms with Crippen LogP contribution in [0.25, 0.3) is 22.3 Å². The van der Waals surface area contributed by atoms with Crippen molar-refractivity contribution in [1.82, 2.24) is 28.9 Å². The Balaban J connectivity index is 0.000000537. The lowest BCUT2D eigenvalue weighted by Crippen LogP contribution is -2.29. The number of nitrogens with one attached hydrogen (secondary N) is 2. The number of aromatic nitrogens is 6. The molecule has 0 amide bonds. The van der Waals surface area contributed by atoms with Gasteiger partial charge in [-0.2, -0.15) is 9.97 Å². The van der Waals surface area contributed by atoms with Crippen molar-refractivity contribution in [3.8, 4) is 11.1 Å². The Kier molecular flexibility index (Phi) is 7.24. The number of aliphatic hydroxyl groups excluding tert-OH is 1. The van der Waals surface area contributed by atoms with Crippen LogP contribution in [0.5, 0.6) is 0 Å². The molecule has 1 fully saturated rings. The van der Waals surface area contributed by atoms with Gasteiger partial charge in [0.05, 0.1) is 17.3 Å². The number of primary sulfonamides is 1. The monoisotopic (exact) mass is 575 g/mol.